The smallest absolute Gasteiger partial charge is 0.314 e. The van der Waals surface area contributed by atoms with Gasteiger partial charge in [0, 0.05) is 32.9 Å². The highest BCUT2D eigenvalue weighted by Crippen LogP contribution is 2.17. The fourth-order valence-corrected chi connectivity index (χ4v) is 1.52. The molecule has 0 aliphatic heterocycles. The quantitative estimate of drug-likeness (QED) is 0.734. The number of aliphatic hydroxyl groups is 1. The van der Waals surface area contributed by atoms with Crippen molar-refractivity contribution in [3.05, 3.63) is 29.8 Å². The van der Waals surface area contributed by atoms with Crippen molar-refractivity contribution in [3.63, 3.8) is 0 Å². The minimum Gasteiger partial charge on any atom is -0.387 e. The van der Waals surface area contributed by atoms with Crippen LogP contribution in [0.25, 0.3) is 0 Å². The van der Waals surface area contributed by atoms with Gasteiger partial charge in [-0.2, -0.15) is 0 Å². The minimum atomic E-state index is -0.691. The Morgan fingerprint density at radius 2 is 1.89 bits per heavy atom. The standard InChI is InChI=1S/C13H21N3O2/c1-4-14-13(18)15-9-12(17)10-5-7-11(8-6-10)16(2)3/h5-8,12,17H,4,9H2,1-3H3,(H2,14,15,18). The molecule has 0 fully saturated rings. The molecule has 1 aromatic carbocycles. The molecule has 0 bridgehead atoms. The van der Waals surface area contributed by atoms with E-state index >= 15 is 0 Å². The van der Waals surface area contributed by atoms with E-state index in [0.29, 0.717) is 6.54 Å². The maximum atomic E-state index is 11.2. The van der Waals surface area contributed by atoms with Crippen LogP contribution < -0.4 is 15.5 Å². The van der Waals surface area contributed by atoms with Gasteiger partial charge in [0.15, 0.2) is 0 Å². The zero-order chi connectivity index (χ0) is 13.5. The summed E-state index contributed by atoms with van der Waals surface area (Å²) in [6, 6.07) is 7.33. The number of aliphatic hydroxyl groups excluding tert-OH is 1. The number of hydrogen-bond acceptors (Lipinski definition) is 3. The topological polar surface area (TPSA) is 64.6 Å². The van der Waals surface area contributed by atoms with Gasteiger partial charge < -0.3 is 20.6 Å². The molecule has 0 aliphatic carbocycles. The number of benzene rings is 1. The molecule has 3 N–H and O–H groups in total. The van der Waals surface area contributed by atoms with Crippen LogP contribution in [0.5, 0.6) is 0 Å². The Labute approximate surface area is 108 Å². The number of anilines is 1. The summed E-state index contributed by atoms with van der Waals surface area (Å²) in [5.41, 5.74) is 1.86. The summed E-state index contributed by atoms with van der Waals surface area (Å²) < 4.78 is 0. The van der Waals surface area contributed by atoms with Crippen LogP contribution in [0.1, 0.15) is 18.6 Å². The zero-order valence-corrected chi connectivity index (χ0v) is 11.1. The molecule has 0 aromatic heterocycles. The molecular formula is C13H21N3O2. The molecule has 18 heavy (non-hydrogen) atoms. The van der Waals surface area contributed by atoms with Crippen molar-refractivity contribution in [2.75, 3.05) is 32.1 Å². The van der Waals surface area contributed by atoms with Crippen LogP contribution in [0.2, 0.25) is 0 Å². The van der Waals surface area contributed by atoms with Gasteiger partial charge in [0.25, 0.3) is 0 Å². The molecule has 0 heterocycles. The average molecular weight is 251 g/mol. The predicted octanol–water partition coefficient (Wildman–Crippen LogP) is 1.11. The second-order valence-corrected chi connectivity index (χ2v) is 4.24. The lowest BCUT2D eigenvalue weighted by Crippen LogP contribution is -2.37. The molecule has 2 amide bonds. The summed E-state index contributed by atoms with van der Waals surface area (Å²) in [4.78, 5) is 13.2. The highest BCUT2D eigenvalue weighted by Gasteiger charge is 2.09. The van der Waals surface area contributed by atoms with E-state index in [1.165, 1.54) is 0 Å². The fourth-order valence-electron chi connectivity index (χ4n) is 1.52. The second-order valence-electron chi connectivity index (χ2n) is 4.24. The van der Waals surface area contributed by atoms with Crippen molar-refractivity contribution in [2.45, 2.75) is 13.0 Å². The average Bonchev–Trinajstić information content (AvgIpc) is 2.36. The fraction of sp³-hybridized carbons (Fsp3) is 0.462. The van der Waals surface area contributed by atoms with Gasteiger partial charge in [-0.1, -0.05) is 12.1 Å². The molecular weight excluding hydrogens is 230 g/mol. The third-order valence-electron chi connectivity index (χ3n) is 2.59. The van der Waals surface area contributed by atoms with Crippen LogP contribution in [-0.2, 0) is 0 Å². The van der Waals surface area contributed by atoms with E-state index in [0.717, 1.165) is 11.3 Å². The van der Waals surface area contributed by atoms with Gasteiger partial charge in [0.1, 0.15) is 0 Å². The Kier molecular flexibility index (Phi) is 5.45. The molecule has 0 saturated heterocycles. The van der Waals surface area contributed by atoms with Crippen molar-refractivity contribution in [2.24, 2.45) is 0 Å². The number of urea groups is 1. The van der Waals surface area contributed by atoms with Crippen LogP contribution >= 0.6 is 0 Å². The van der Waals surface area contributed by atoms with E-state index < -0.39 is 6.10 Å². The highest BCUT2D eigenvalue weighted by atomic mass is 16.3. The van der Waals surface area contributed by atoms with Crippen molar-refractivity contribution >= 4 is 11.7 Å². The Morgan fingerprint density at radius 3 is 2.39 bits per heavy atom. The Bertz CT molecular complexity index is 376. The summed E-state index contributed by atoms with van der Waals surface area (Å²) in [5, 5.41) is 15.1. The lowest BCUT2D eigenvalue weighted by Gasteiger charge is -2.15. The van der Waals surface area contributed by atoms with Crippen LogP contribution in [0, 0.1) is 0 Å². The van der Waals surface area contributed by atoms with Crippen LogP contribution in [0.3, 0.4) is 0 Å². The van der Waals surface area contributed by atoms with Gasteiger partial charge >= 0.3 is 6.03 Å². The zero-order valence-electron chi connectivity index (χ0n) is 11.1. The van der Waals surface area contributed by atoms with Crippen LogP contribution in [0.15, 0.2) is 24.3 Å². The second kappa shape index (κ2) is 6.86. The predicted molar refractivity (Wildman–Crippen MR) is 72.8 cm³/mol. The van der Waals surface area contributed by atoms with E-state index in [4.69, 9.17) is 0 Å². The summed E-state index contributed by atoms with van der Waals surface area (Å²) in [5.74, 6) is 0. The van der Waals surface area contributed by atoms with Crippen LogP contribution in [-0.4, -0.2) is 38.3 Å². The summed E-state index contributed by atoms with van der Waals surface area (Å²) in [6.45, 7) is 2.61. The van der Waals surface area contributed by atoms with Gasteiger partial charge in [-0.25, -0.2) is 4.79 Å². The number of nitrogens with zero attached hydrogens (tertiary/aromatic N) is 1. The van der Waals surface area contributed by atoms with Crippen molar-refractivity contribution in [1.29, 1.82) is 0 Å². The normalized spacial score (nSPS) is 11.8. The molecule has 1 atom stereocenters. The Balaban J connectivity index is 2.51. The van der Waals surface area contributed by atoms with Gasteiger partial charge in [-0.15, -0.1) is 0 Å². The number of rotatable bonds is 5. The van der Waals surface area contributed by atoms with E-state index in [9.17, 15) is 9.90 Å². The first-order chi connectivity index (χ1) is 8.54. The van der Waals surface area contributed by atoms with Gasteiger partial charge in [0.2, 0.25) is 0 Å². The molecule has 1 rings (SSSR count). The van der Waals surface area contributed by atoms with E-state index in [2.05, 4.69) is 10.6 Å². The third-order valence-corrected chi connectivity index (χ3v) is 2.59. The molecule has 0 aliphatic rings. The van der Waals surface area contributed by atoms with Crippen molar-refractivity contribution in [3.8, 4) is 0 Å². The first kappa shape index (κ1) is 14.3. The summed E-state index contributed by atoms with van der Waals surface area (Å²) in [6.07, 6.45) is -0.691. The van der Waals surface area contributed by atoms with E-state index in [1.807, 2.05) is 50.2 Å². The van der Waals surface area contributed by atoms with Crippen molar-refractivity contribution < 1.29 is 9.90 Å². The molecule has 0 saturated carbocycles. The molecule has 0 spiro atoms. The van der Waals surface area contributed by atoms with Crippen LogP contribution in [0.4, 0.5) is 10.5 Å². The van der Waals surface area contributed by atoms with E-state index in [-0.39, 0.29) is 12.6 Å². The monoisotopic (exact) mass is 251 g/mol. The van der Waals surface area contributed by atoms with E-state index in [1.54, 1.807) is 0 Å². The molecule has 5 heteroatoms. The molecule has 0 radical (unpaired) electrons. The molecule has 5 nitrogen and oxygen atoms in total. The molecule has 1 aromatic rings. The summed E-state index contributed by atoms with van der Waals surface area (Å²) >= 11 is 0. The third kappa shape index (κ3) is 4.25. The number of carbonyl (C=O) groups excluding carboxylic acids is 1. The Morgan fingerprint density at radius 1 is 1.28 bits per heavy atom. The Hall–Kier alpha value is -1.75. The van der Waals surface area contributed by atoms with Gasteiger partial charge in [-0.3, -0.25) is 0 Å². The number of amides is 2. The van der Waals surface area contributed by atoms with Crippen molar-refractivity contribution in [1.82, 2.24) is 10.6 Å². The molecule has 100 valence electrons. The first-order valence-corrected chi connectivity index (χ1v) is 6.01. The minimum absolute atomic E-state index is 0.202. The lowest BCUT2D eigenvalue weighted by molar-refractivity contribution is 0.173. The highest BCUT2D eigenvalue weighted by molar-refractivity contribution is 5.73. The summed E-state index contributed by atoms with van der Waals surface area (Å²) in [7, 11) is 3.92. The first-order valence-electron chi connectivity index (χ1n) is 6.01. The largest absolute Gasteiger partial charge is 0.387 e. The van der Waals surface area contributed by atoms with Gasteiger partial charge in [-0.05, 0) is 24.6 Å². The molecule has 1 unspecified atom stereocenters. The van der Waals surface area contributed by atoms with Gasteiger partial charge in [0.05, 0.1) is 6.10 Å². The number of nitrogens with one attached hydrogen (secondary N) is 2. The lowest BCUT2D eigenvalue weighted by atomic mass is 10.1. The maximum Gasteiger partial charge on any atom is 0.314 e. The number of carbonyl (C=O) groups is 1. The number of hydrogen-bond donors (Lipinski definition) is 3. The SMILES string of the molecule is CCNC(=O)NCC(O)c1ccc(N(C)C)cc1. The maximum absolute atomic E-state index is 11.2.